The molecular formula is C16H20N2O4. The van der Waals surface area contributed by atoms with E-state index in [0.29, 0.717) is 19.4 Å². The predicted octanol–water partition coefficient (Wildman–Crippen LogP) is 1.89. The van der Waals surface area contributed by atoms with Gasteiger partial charge in [0.25, 0.3) is 0 Å². The first-order chi connectivity index (χ1) is 10.6. The molecule has 1 aliphatic heterocycles. The lowest BCUT2D eigenvalue weighted by molar-refractivity contribution is -0.143. The van der Waals surface area contributed by atoms with E-state index in [1.165, 1.54) is 0 Å². The van der Waals surface area contributed by atoms with Gasteiger partial charge in [0.1, 0.15) is 5.75 Å². The van der Waals surface area contributed by atoms with Crippen molar-refractivity contribution in [1.29, 1.82) is 0 Å². The first kappa shape index (κ1) is 14.7. The average molecular weight is 304 g/mol. The van der Waals surface area contributed by atoms with Gasteiger partial charge in [0.2, 0.25) is 0 Å². The molecule has 22 heavy (non-hydrogen) atoms. The van der Waals surface area contributed by atoms with Gasteiger partial charge in [-0.05, 0) is 42.9 Å². The lowest BCUT2D eigenvalue weighted by atomic mass is 9.98. The quantitative estimate of drug-likeness (QED) is 0.778. The summed E-state index contributed by atoms with van der Waals surface area (Å²) in [6, 6.07) is 5.03. The van der Waals surface area contributed by atoms with E-state index >= 15 is 0 Å². The third kappa shape index (κ3) is 2.73. The Labute approximate surface area is 128 Å². The number of benzene rings is 1. The van der Waals surface area contributed by atoms with Crippen LogP contribution in [0.5, 0.6) is 5.75 Å². The van der Waals surface area contributed by atoms with Gasteiger partial charge >= 0.3 is 12.0 Å². The summed E-state index contributed by atoms with van der Waals surface area (Å²) in [5.41, 5.74) is 1.86. The Kier molecular flexibility index (Phi) is 3.92. The maximum atomic E-state index is 12.4. The molecule has 118 valence electrons. The summed E-state index contributed by atoms with van der Waals surface area (Å²) in [6.07, 6.45) is 2.84. The van der Waals surface area contributed by atoms with Crippen molar-refractivity contribution in [1.82, 2.24) is 10.2 Å². The van der Waals surface area contributed by atoms with E-state index in [1.807, 2.05) is 6.07 Å². The van der Waals surface area contributed by atoms with Gasteiger partial charge in [-0.25, -0.2) is 4.79 Å². The highest BCUT2D eigenvalue weighted by atomic mass is 16.4. The molecule has 2 amide bonds. The van der Waals surface area contributed by atoms with E-state index in [4.69, 9.17) is 5.11 Å². The Hall–Kier alpha value is -2.24. The number of likely N-dealkylation sites (tertiary alicyclic amines) is 1. The minimum atomic E-state index is -0.839. The van der Waals surface area contributed by atoms with Gasteiger partial charge < -0.3 is 20.4 Å². The number of phenols is 1. The van der Waals surface area contributed by atoms with Crippen molar-refractivity contribution in [2.24, 2.45) is 5.92 Å². The molecule has 0 radical (unpaired) electrons. The molecule has 1 heterocycles. The van der Waals surface area contributed by atoms with E-state index in [0.717, 1.165) is 24.0 Å². The van der Waals surface area contributed by atoms with E-state index in [9.17, 15) is 14.7 Å². The fourth-order valence-corrected chi connectivity index (χ4v) is 3.39. The van der Waals surface area contributed by atoms with Crippen LogP contribution in [0.1, 0.15) is 36.4 Å². The van der Waals surface area contributed by atoms with Crippen molar-refractivity contribution >= 4 is 12.0 Å². The van der Waals surface area contributed by atoms with Crippen LogP contribution < -0.4 is 5.32 Å². The number of phenolic OH excluding ortho intramolecular Hbond substituents is 1. The highest BCUT2D eigenvalue weighted by Crippen LogP contribution is 2.36. The number of carboxylic acid groups (broad SMARTS) is 1. The Morgan fingerprint density at radius 1 is 1.27 bits per heavy atom. The molecule has 6 nitrogen and oxygen atoms in total. The summed E-state index contributed by atoms with van der Waals surface area (Å²) in [7, 11) is 0. The van der Waals surface area contributed by atoms with Crippen LogP contribution >= 0.6 is 0 Å². The van der Waals surface area contributed by atoms with E-state index in [1.54, 1.807) is 17.0 Å². The lowest BCUT2D eigenvalue weighted by Crippen LogP contribution is -2.47. The van der Waals surface area contributed by atoms with Crippen LogP contribution in [0.3, 0.4) is 0 Å². The van der Waals surface area contributed by atoms with Crippen LogP contribution in [0.15, 0.2) is 18.2 Å². The molecule has 1 fully saturated rings. The molecule has 2 atom stereocenters. The van der Waals surface area contributed by atoms with Crippen LogP contribution in [0.2, 0.25) is 0 Å². The highest BCUT2D eigenvalue weighted by Gasteiger charge is 2.31. The number of rotatable bonds is 2. The van der Waals surface area contributed by atoms with Gasteiger partial charge in [-0.3, -0.25) is 4.79 Å². The molecule has 0 bridgehead atoms. The molecule has 1 aromatic rings. The van der Waals surface area contributed by atoms with Crippen LogP contribution in [0, 0.1) is 5.92 Å². The van der Waals surface area contributed by atoms with Crippen molar-refractivity contribution < 1.29 is 19.8 Å². The summed E-state index contributed by atoms with van der Waals surface area (Å²) in [5, 5.41) is 21.9. The second-order valence-electron chi connectivity index (χ2n) is 6.01. The van der Waals surface area contributed by atoms with Crippen molar-refractivity contribution in [3.05, 3.63) is 29.3 Å². The summed E-state index contributed by atoms with van der Waals surface area (Å²) < 4.78 is 0. The minimum Gasteiger partial charge on any atom is -0.508 e. The van der Waals surface area contributed by atoms with Crippen LogP contribution in [0.4, 0.5) is 4.79 Å². The molecule has 0 aromatic heterocycles. The molecular weight excluding hydrogens is 284 g/mol. The zero-order valence-electron chi connectivity index (χ0n) is 12.3. The largest absolute Gasteiger partial charge is 0.508 e. The number of carboxylic acids is 1. The van der Waals surface area contributed by atoms with Gasteiger partial charge in [-0.15, -0.1) is 0 Å². The van der Waals surface area contributed by atoms with Gasteiger partial charge in [0.05, 0.1) is 12.0 Å². The third-order valence-corrected chi connectivity index (χ3v) is 4.60. The number of piperidine rings is 1. The standard InChI is InChI=1S/C16H20N2O4/c19-14-5-1-4-11-12(14)6-7-13(11)17-16(22)18-8-2-3-10(9-18)15(20)21/h1,4-5,10,13,19H,2-3,6-9H2,(H,17,22)(H,20,21). The molecule has 3 N–H and O–H groups in total. The maximum absolute atomic E-state index is 12.4. The van der Waals surface area contributed by atoms with Crippen molar-refractivity contribution in [3.8, 4) is 5.75 Å². The molecule has 0 saturated carbocycles. The number of hydrogen-bond acceptors (Lipinski definition) is 3. The zero-order chi connectivity index (χ0) is 15.7. The van der Waals surface area contributed by atoms with Gasteiger partial charge in [0.15, 0.2) is 0 Å². The molecule has 2 unspecified atom stereocenters. The number of carbonyl (C=O) groups excluding carboxylic acids is 1. The Bertz CT molecular complexity index is 602. The van der Waals surface area contributed by atoms with Crippen LogP contribution in [-0.4, -0.2) is 40.2 Å². The molecule has 3 rings (SSSR count). The van der Waals surface area contributed by atoms with Crippen molar-refractivity contribution in [2.75, 3.05) is 13.1 Å². The first-order valence-electron chi connectivity index (χ1n) is 7.65. The van der Waals surface area contributed by atoms with Gasteiger partial charge in [-0.1, -0.05) is 12.1 Å². The maximum Gasteiger partial charge on any atom is 0.317 e. The number of hydrogen-bond donors (Lipinski definition) is 3. The zero-order valence-corrected chi connectivity index (χ0v) is 12.3. The van der Waals surface area contributed by atoms with E-state index in [2.05, 4.69) is 5.32 Å². The molecule has 2 aliphatic rings. The Morgan fingerprint density at radius 3 is 2.86 bits per heavy atom. The van der Waals surface area contributed by atoms with E-state index in [-0.39, 0.29) is 24.4 Å². The second kappa shape index (κ2) is 5.87. The Balaban J connectivity index is 1.66. The van der Waals surface area contributed by atoms with Gasteiger partial charge in [0, 0.05) is 13.1 Å². The summed E-state index contributed by atoms with van der Waals surface area (Å²) in [5.74, 6) is -1.04. The average Bonchev–Trinajstić information content (AvgIpc) is 2.92. The first-order valence-corrected chi connectivity index (χ1v) is 7.65. The lowest BCUT2D eigenvalue weighted by Gasteiger charge is -2.31. The number of aromatic hydroxyl groups is 1. The molecule has 6 heteroatoms. The predicted molar refractivity (Wildman–Crippen MR) is 79.6 cm³/mol. The van der Waals surface area contributed by atoms with Gasteiger partial charge in [-0.2, -0.15) is 0 Å². The molecule has 0 spiro atoms. The summed E-state index contributed by atoms with van der Waals surface area (Å²) in [4.78, 5) is 25.0. The smallest absolute Gasteiger partial charge is 0.317 e. The SMILES string of the molecule is O=C(O)C1CCCN(C(=O)NC2CCc3c(O)cccc32)C1. The monoisotopic (exact) mass is 304 g/mol. The topological polar surface area (TPSA) is 89.9 Å². The Morgan fingerprint density at radius 2 is 2.09 bits per heavy atom. The third-order valence-electron chi connectivity index (χ3n) is 4.60. The number of aliphatic carboxylic acids is 1. The number of urea groups is 1. The van der Waals surface area contributed by atoms with Crippen molar-refractivity contribution in [2.45, 2.75) is 31.7 Å². The van der Waals surface area contributed by atoms with Crippen LogP contribution in [-0.2, 0) is 11.2 Å². The number of amides is 2. The fourth-order valence-electron chi connectivity index (χ4n) is 3.39. The second-order valence-corrected chi connectivity index (χ2v) is 6.01. The van der Waals surface area contributed by atoms with Crippen molar-refractivity contribution in [3.63, 3.8) is 0 Å². The minimum absolute atomic E-state index is 0.111. The molecule has 1 aliphatic carbocycles. The van der Waals surface area contributed by atoms with E-state index < -0.39 is 11.9 Å². The van der Waals surface area contributed by atoms with Crippen LogP contribution in [0.25, 0.3) is 0 Å². The molecule has 1 aromatic carbocycles. The fraction of sp³-hybridized carbons (Fsp3) is 0.500. The highest BCUT2D eigenvalue weighted by molar-refractivity contribution is 5.77. The summed E-state index contributed by atoms with van der Waals surface area (Å²) in [6.45, 7) is 0.857. The number of nitrogens with zero attached hydrogens (tertiary/aromatic N) is 1. The number of fused-ring (bicyclic) bond motifs is 1. The summed E-state index contributed by atoms with van der Waals surface area (Å²) >= 11 is 0. The normalized spacial score (nSPS) is 23.9. The number of nitrogens with one attached hydrogen (secondary N) is 1. The number of carbonyl (C=O) groups is 2. The molecule has 1 saturated heterocycles.